The summed E-state index contributed by atoms with van der Waals surface area (Å²) in [5, 5.41) is 35.3. The first-order valence-corrected chi connectivity index (χ1v) is 14.2. The third kappa shape index (κ3) is 13.9. The zero-order chi connectivity index (χ0) is 22.1. The van der Waals surface area contributed by atoms with Crippen LogP contribution in [0.3, 0.4) is 0 Å². The molecule has 6 N–H and O–H groups in total. The van der Waals surface area contributed by atoms with Crippen LogP contribution in [0.5, 0.6) is 0 Å². The van der Waals surface area contributed by atoms with E-state index >= 15 is 0 Å². The average Bonchev–Trinajstić information content (AvgIpc) is 2.72. The van der Waals surface area contributed by atoms with Gasteiger partial charge in [0.1, 0.15) is 0 Å². The first-order valence-electron chi connectivity index (χ1n) is 8.54. The molecule has 29 heavy (non-hydrogen) atoms. The van der Waals surface area contributed by atoms with E-state index in [4.69, 9.17) is 10.2 Å². The van der Waals surface area contributed by atoms with Crippen LogP contribution >= 0.6 is 0 Å². The van der Waals surface area contributed by atoms with Gasteiger partial charge in [-0.15, -0.1) is 0 Å². The van der Waals surface area contributed by atoms with Crippen LogP contribution in [0.25, 0.3) is 0 Å². The summed E-state index contributed by atoms with van der Waals surface area (Å²) in [7, 11) is 0. The third-order valence-electron chi connectivity index (χ3n) is 2.91. The fourth-order valence-electron chi connectivity index (χ4n) is 1.71. The molecule has 0 saturated heterocycles. The summed E-state index contributed by atoms with van der Waals surface area (Å²) < 4.78 is 0. The molecule has 2 radical (unpaired) electrons. The van der Waals surface area contributed by atoms with E-state index in [1.54, 1.807) is 48.5 Å². The molecule has 0 aromatic heterocycles. The van der Waals surface area contributed by atoms with E-state index in [2.05, 4.69) is 19.9 Å². The summed E-state index contributed by atoms with van der Waals surface area (Å²) in [6.07, 6.45) is 0. The van der Waals surface area contributed by atoms with Crippen LogP contribution in [0, 0.1) is 0 Å². The quantitative estimate of drug-likeness (QED) is 0.169. The Hall–Kier alpha value is -2.88. The molecule has 0 aliphatic rings. The Labute approximate surface area is 179 Å². The van der Waals surface area contributed by atoms with Crippen molar-refractivity contribution in [1.82, 2.24) is 0 Å². The molecular weight excluding hydrogens is 483 g/mol. The summed E-state index contributed by atoms with van der Waals surface area (Å²) >= 11 is 0.230. The molecule has 2 aromatic rings. The number of carbonyl (C=O) groups is 2. The zero-order valence-corrected chi connectivity index (χ0v) is 19.1. The van der Waals surface area contributed by atoms with E-state index in [1.165, 1.54) is 0 Å². The van der Waals surface area contributed by atoms with E-state index in [0.29, 0.717) is 11.1 Å². The number of benzene rings is 2. The molecule has 2 rings (SSSR count). The molecule has 0 heterocycles. The van der Waals surface area contributed by atoms with Gasteiger partial charge in [0, 0.05) is 0 Å². The van der Waals surface area contributed by atoms with Crippen molar-refractivity contribution in [2.24, 2.45) is 0 Å². The first kappa shape index (κ1) is 26.1. The fraction of sp³-hybridized carbons (Fsp3) is 0.200. The number of rotatable bonds is 6. The Morgan fingerprint density at radius 3 is 1.21 bits per heavy atom. The number of nitrogens with one attached hydrogen (secondary N) is 2. The van der Waals surface area contributed by atoms with E-state index in [-0.39, 0.29) is 46.0 Å². The average molecular weight is 509 g/mol. The van der Waals surface area contributed by atoms with Gasteiger partial charge in [-0.1, -0.05) is 36.4 Å². The number of hydrogen-bond donors (Lipinski definition) is 6. The molecule has 0 unspecified atom stereocenters. The van der Waals surface area contributed by atoms with E-state index in [9.17, 15) is 19.8 Å². The van der Waals surface area contributed by atoms with Crippen LogP contribution in [0.2, 0.25) is 9.88 Å². The SMILES string of the molecule is O=C(O)C[NH+]=C(O)c1ccccc1.O=C(O)C[NH+]=C(O)c1ccccc1.[CH3][Sn][CH3]. The van der Waals surface area contributed by atoms with E-state index < -0.39 is 11.9 Å². The molecule has 2 aromatic carbocycles. The summed E-state index contributed by atoms with van der Waals surface area (Å²) in [4.78, 5) is 29.6. The number of aliphatic hydroxyl groups excluding tert-OH is 2. The van der Waals surface area contributed by atoms with Crippen molar-refractivity contribution in [3.63, 3.8) is 0 Å². The Kier molecular flexibility index (Phi) is 14.5. The van der Waals surface area contributed by atoms with E-state index in [0.717, 1.165) is 0 Å². The van der Waals surface area contributed by atoms with Gasteiger partial charge in [0.25, 0.3) is 0 Å². The second kappa shape index (κ2) is 16.1. The van der Waals surface area contributed by atoms with Gasteiger partial charge >= 0.3 is 54.8 Å². The van der Waals surface area contributed by atoms with Crippen LogP contribution in [0.1, 0.15) is 11.1 Å². The molecular formula is C20H26N2O6Sn+2. The summed E-state index contributed by atoms with van der Waals surface area (Å²) in [6, 6.07) is 17.4. The predicted octanol–water partition coefficient (Wildman–Crippen LogP) is -0.900. The van der Waals surface area contributed by atoms with Crippen molar-refractivity contribution in [1.29, 1.82) is 0 Å². The third-order valence-corrected chi connectivity index (χ3v) is 2.91. The molecule has 8 nitrogen and oxygen atoms in total. The second-order valence-electron chi connectivity index (χ2n) is 5.42. The van der Waals surface area contributed by atoms with Crippen molar-refractivity contribution in [3.05, 3.63) is 71.8 Å². The molecule has 154 valence electrons. The molecule has 0 atom stereocenters. The molecule has 0 bridgehead atoms. The molecule has 0 spiro atoms. The standard InChI is InChI=1S/2C9H9NO3.2CH3.Sn/c2*11-8(12)6-10-9(13)7-4-2-1-3-5-7;;;/h2*1-5H,6H2,(H,10,13)(H,11,12);2*1H3;/p+2. The van der Waals surface area contributed by atoms with Crippen LogP contribution in [-0.4, -0.2) is 78.4 Å². The van der Waals surface area contributed by atoms with Gasteiger partial charge in [-0.3, -0.25) is 0 Å². The van der Waals surface area contributed by atoms with Gasteiger partial charge in [0.05, 0.1) is 11.1 Å². The fourth-order valence-corrected chi connectivity index (χ4v) is 1.71. The number of carboxylic acids is 2. The van der Waals surface area contributed by atoms with Crippen LogP contribution in [0.4, 0.5) is 0 Å². The Bertz CT molecular complexity index is 728. The summed E-state index contributed by atoms with van der Waals surface area (Å²) in [5.41, 5.74) is 1.15. The van der Waals surface area contributed by atoms with Gasteiger partial charge < -0.3 is 20.4 Å². The van der Waals surface area contributed by atoms with Gasteiger partial charge in [-0.2, -0.15) is 9.98 Å². The van der Waals surface area contributed by atoms with E-state index in [1.807, 2.05) is 12.1 Å². The number of hydrogen-bond acceptors (Lipinski definition) is 2. The topological polar surface area (TPSA) is 143 Å². The van der Waals surface area contributed by atoms with Crippen molar-refractivity contribution in [2.45, 2.75) is 9.88 Å². The van der Waals surface area contributed by atoms with Crippen molar-refractivity contribution < 1.29 is 40.0 Å². The molecule has 0 amide bonds. The van der Waals surface area contributed by atoms with Gasteiger partial charge in [0.2, 0.25) is 13.1 Å². The maximum atomic E-state index is 10.1. The van der Waals surface area contributed by atoms with Gasteiger partial charge in [0.15, 0.2) is 0 Å². The van der Waals surface area contributed by atoms with Crippen LogP contribution in [-0.2, 0) is 9.59 Å². The second-order valence-corrected chi connectivity index (χ2v) is 8.28. The first-order chi connectivity index (χ1) is 13.8. The molecule has 0 saturated carbocycles. The zero-order valence-electron chi connectivity index (χ0n) is 16.3. The molecule has 0 aliphatic carbocycles. The Morgan fingerprint density at radius 1 is 0.690 bits per heavy atom. The molecule has 0 fully saturated rings. The van der Waals surface area contributed by atoms with Gasteiger partial charge in [-0.05, 0) is 24.3 Å². The summed E-state index contributed by atoms with van der Waals surface area (Å²) in [6.45, 7) is -0.582. The minimum absolute atomic E-state index is 0.122. The number of carboxylic acid groups (broad SMARTS) is 2. The van der Waals surface area contributed by atoms with Crippen LogP contribution in [0.15, 0.2) is 60.7 Å². The number of aliphatic carboxylic acids is 2. The van der Waals surface area contributed by atoms with Gasteiger partial charge in [-0.25, -0.2) is 9.59 Å². The van der Waals surface area contributed by atoms with Crippen molar-refractivity contribution >= 4 is 44.9 Å². The number of aliphatic hydroxyl groups is 2. The maximum absolute atomic E-state index is 10.1. The Morgan fingerprint density at radius 2 is 0.966 bits per heavy atom. The Balaban J connectivity index is 0.000000477. The minimum atomic E-state index is -1.01. The molecule has 9 heteroatoms. The molecule has 0 aliphatic heterocycles. The normalized spacial score (nSPS) is 10.7. The monoisotopic (exact) mass is 510 g/mol. The van der Waals surface area contributed by atoms with Crippen LogP contribution < -0.4 is 9.98 Å². The van der Waals surface area contributed by atoms with Crippen molar-refractivity contribution in [3.8, 4) is 0 Å². The predicted molar refractivity (Wildman–Crippen MR) is 111 cm³/mol. The summed E-state index contributed by atoms with van der Waals surface area (Å²) in [5.74, 6) is -2.27. The van der Waals surface area contributed by atoms with Crippen molar-refractivity contribution in [2.75, 3.05) is 13.1 Å².